The number of nitrogens with one attached hydrogen (secondary N) is 2. The summed E-state index contributed by atoms with van der Waals surface area (Å²) in [5.41, 5.74) is 1.09. The Morgan fingerprint density at radius 2 is 1.82 bits per heavy atom. The molecule has 5 heteroatoms. The first-order valence-electron chi connectivity index (χ1n) is 7.99. The molecule has 0 aliphatic heterocycles. The zero-order valence-electron chi connectivity index (χ0n) is 13.7. The van der Waals surface area contributed by atoms with E-state index >= 15 is 0 Å². The number of rotatable bonds is 11. The highest BCUT2D eigenvalue weighted by Gasteiger charge is 2.03. The standard InChI is InChI=1S/C17H28N2O3/c1-3-4-13-22-14-7-11-18-17(20)19-12-10-15-8-5-6-9-16(15)21-2/h5-6,8-9H,3-4,7,10-14H2,1-2H3,(H2,18,19,20). The molecule has 0 aliphatic carbocycles. The lowest BCUT2D eigenvalue weighted by atomic mass is 10.1. The van der Waals surface area contributed by atoms with E-state index in [0.717, 1.165) is 43.6 Å². The Labute approximate surface area is 133 Å². The van der Waals surface area contributed by atoms with Crippen molar-refractivity contribution < 1.29 is 14.3 Å². The summed E-state index contributed by atoms with van der Waals surface area (Å²) >= 11 is 0. The van der Waals surface area contributed by atoms with Gasteiger partial charge in [0.25, 0.3) is 0 Å². The van der Waals surface area contributed by atoms with Gasteiger partial charge in [-0.2, -0.15) is 0 Å². The minimum Gasteiger partial charge on any atom is -0.496 e. The summed E-state index contributed by atoms with van der Waals surface area (Å²) in [6.45, 7) is 4.86. The van der Waals surface area contributed by atoms with Crippen molar-refractivity contribution in [1.82, 2.24) is 10.6 Å². The highest BCUT2D eigenvalue weighted by molar-refractivity contribution is 5.73. The number of ether oxygens (including phenoxy) is 2. The van der Waals surface area contributed by atoms with E-state index in [4.69, 9.17) is 9.47 Å². The fraction of sp³-hybridized carbons (Fsp3) is 0.588. The maximum atomic E-state index is 11.6. The van der Waals surface area contributed by atoms with Crippen molar-refractivity contribution in [1.29, 1.82) is 0 Å². The van der Waals surface area contributed by atoms with Gasteiger partial charge < -0.3 is 20.1 Å². The van der Waals surface area contributed by atoms with Crippen LogP contribution in [-0.2, 0) is 11.2 Å². The Morgan fingerprint density at radius 3 is 2.59 bits per heavy atom. The maximum Gasteiger partial charge on any atom is 0.314 e. The first-order valence-corrected chi connectivity index (χ1v) is 7.99. The lowest BCUT2D eigenvalue weighted by Crippen LogP contribution is -2.37. The number of unbranched alkanes of at least 4 members (excludes halogenated alkanes) is 1. The van der Waals surface area contributed by atoms with Gasteiger partial charge in [0.05, 0.1) is 7.11 Å². The van der Waals surface area contributed by atoms with Crippen LogP contribution in [0.25, 0.3) is 0 Å². The summed E-state index contributed by atoms with van der Waals surface area (Å²) < 4.78 is 10.7. The average Bonchev–Trinajstić information content (AvgIpc) is 2.54. The Morgan fingerprint density at radius 1 is 1.09 bits per heavy atom. The maximum absolute atomic E-state index is 11.6. The van der Waals surface area contributed by atoms with Gasteiger partial charge in [-0.15, -0.1) is 0 Å². The van der Waals surface area contributed by atoms with Crippen LogP contribution in [-0.4, -0.2) is 39.4 Å². The molecule has 22 heavy (non-hydrogen) atoms. The number of amides is 2. The molecule has 0 bridgehead atoms. The molecule has 2 N–H and O–H groups in total. The second-order valence-corrected chi connectivity index (χ2v) is 5.06. The number of carbonyl (C=O) groups excluding carboxylic acids is 1. The molecule has 1 aromatic carbocycles. The van der Waals surface area contributed by atoms with Crippen LogP contribution in [0.4, 0.5) is 4.79 Å². The quantitative estimate of drug-likeness (QED) is 0.618. The molecule has 0 unspecified atom stereocenters. The summed E-state index contributed by atoms with van der Waals surface area (Å²) in [7, 11) is 1.65. The third-order valence-corrected chi connectivity index (χ3v) is 3.27. The van der Waals surface area contributed by atoms with Gasteiger partial charge in [-0.05, 0) is 30.9 Å². The van der Waals surface area contributed by atoms with Crippen molar-refractivity contribution in [3.8, 4) is 5.75 Å². The van der Waals surface area contributed by atoms with E-state index in [9.17, 15) is 4.79 Å². The molecule has 1 aromatic rings. The van der Waals surface area contributed by atoms with Crippen LogP contribution in [0.3, 0.4) is 0 Å². The second kappa shape index (κ2) is 11.9. The minimum atomic E-state index is -0.136. The molecule has 0 atom stereocenters. The van der Waals surface area contributed by atoms with Gasteiger partial charge in [-0.1, -0.05) is 31.5 Å². The Hall–Kier alpha value is -1.75. The van der Waals surface area contributed by atoms with Crippen LogP contribution >= 0.6 is 0 Å². The first-order chi connectivity index (χ1) is 10.8. The number of methoxy groups -OCH3 is 1. The lowest BCUT2D eigenvalue weighted by molar-refractivity contribution is 0.129. The molecule has 0 aliphatic rings. The molecule has 5 nitrogen and oxygen atoms in total. The third-order valence-electron chi connectivity index (χ3n) is 3.27. The van der Waals surface area contributed by atoms with Crippen LogP contribution < -0.4 is 15.4 Å². The van der Waals surface area contributed by atoms with Crippen LogP contribution in [0.5, 0.6) is 5.75 Å². The van der Waals surface area contributed by atoms with E-state index in [1.807, 2.05) is 24.3 Å². The number of carbonyl (C=O) groups is 1. The van der Waals surface area contributed by atoms with E-state index in [1.54, 1.807) is 7.11 Å². The van der Waals surface area contributed by atoms with Crippen molar-refractivity contribution in [2.75, 3.05) is 33.4 Å². The highest BCUT2D eigenvalue weighted by Crippen LogP contribution is 2.17. The van der Waals surface area contributed by atoms with Gasteiger partial charge in [-0.25, -0.2) is 4.79 Å². The van der Waals surface area contributed by atoms with Crippen molar-refractivity contribution in [3.63, 3.8) is 0 Å². The Balaban J connectivity index is 2.06. The molecule has 0 heterocycles. The van der Waals surface area contributed by atoms with Gasteiger partial charge in [0.15, 0.2) is 0 Å². The molecular weight excluding hydrogens is 280 g/mol. The number of hydrogen-bond acceptors (Lipinski definition) is 3. The van der Waals surface area contributed by atoms with Crippen molar-refractivity contribution in [2.24, 2.45) is 0 Å². The number of para-hydroxylation sites is 1. The molecule has 124 valence electrons. The van der Waals surface area contributed by atoms with Crippen LogP contribution in [0.2, 0.25) is 0 Å². The van der Waals surface area contributed by atoms with Gasteiger partial charge in [0.2, 0.25) is 0 Å². The van der Waals surface area contributed by atoms with Crippen molar-refractivity contribution in [2.45, 2.75) is 32.6 Å². The molecule has 0 saturated carbocycles. The number of benzene rings is 1. The highest BCUT2D eigenvalue weighted by atomic mass is 16.5. The first kappa shape index (κ1) is 18.3. The molecule has 0 aromatic heterocycles. The van der Waals surface area contributed by atoms with Gasteiger partial charge >= 0.3 is 6.03 Å². The molecule has 0 spiro atoms. The lowest BCUT2D eigenvalue weighted by Gasteiger charge is -2.10. The predicted octanol–water partition coefficient (Wildman–Crippen LogP) is 2.74. The molecule has 0 saturated heterocycles. The second-order valence-electron chi connectivity index (χ2n) is 5.06. The summed E-state index contributed by atoms with van der Waals surface area (Å²) in [5.74, 6) is 0.855. The van der Waals surface area contributed by atoms with Gasteiger partial charge in [-0.3, -0.25) is 0 Å². The van der Waals surface area contributed by atoms with Crippen LogP contribution in [0, 0.1) is 0 Å². The summed E-state index contributed by atoms with van der Waals surface area (Å²) in [6.07, 6.45) is 3.82. The van der Waals surface area contributed by atoms with E-state index in [2.05, 4.69) is 17.6 Å². The van der Waals surface area contributed by atoms with Gasteiger partial charge in [0, 0.05) is 26.3 Å². The largest absolute Gasteiger partial charge is 0.496 e. The predicted molar refractivity (Wildman–Crippen MR) is 88.4 cm³/mol. The molecule has 0 radical (unpaired) electrons. The molecule has 1 rings (SSSR count). The zero-order chi connectivity index (χ0) is 16.0. The molecule has 2 amide bonds. The normalized spacial score (nSPS) is 10.3. The van der Waals surface area contributed by atoms with Crippen LogP contribution in [0.1, 0.15) is 31.7 Å². The SMILES string of the molecule is CCCCOCCCNC(=O)NCCc1ccccc1OC. The number of hydrogen-bond donors (Lipinski definition) is 2. The fourth-order valence-electron chi connectivity index (χ4n) is 2.01. The fourth-order valence-corrected chi connectivity index (χ4v) is 2.01. The van der Waals surface area contributed by atoms with E-state index < -0.39 is 0 Å². The number of urea groups is 1. The summed E-state index contributed by atoms with van der Waals surface area (Å²) in [4.78, 5) is 11.6. The van der Waals surface area contributed by atoms with E-state index in [0.29, 0.717) is 19.7 Å². The van der Waals surface area contributed by atoms with Crippen molar-refractivity contribution in [3.05, 3.63) is 29.8 Å². The van der Waals surface area contributed by atoms with Crippen LogP contribution in [0.15, 0.2) is 24.3 Å². The average molecular weight is 308 g/mol. The third kappa shape index (κ3) is 7.88. The smallest absolute Gasteiger partial charge is 0.314 e. The minimum absolute atomic E-state index is 0.136. The summed E-state index contributed by atoms with van der Waals surface area (Å²) in [6, 6.07) is 7.70. The van der Waals surface area contributed by atoms with Crippen molar-refractivity contribution >= 4 is 6.03 Å². The van der Waals surface area contributed by atoms with E-state index in [1.165, 1.54) is 0 Å². The topological polar surface area (TPSA) is 59.6 Å². The van der Waals surface area contributed by atoms with E-state index in [-0.39, 0.29) is 6.03 Å². The summed E-state index contributed by atoms with van der Waals surface area (Å²) in [5, 5.41) is 5.67. The Kier molecular flexibility index (Phi) is 9.87. The zero-order valence-corrected chi connectivity index (χ0v) is 13.7. The molecular formula is C17H28N2O3. The monoisotopic (exact) mass is 308 g/mol. The molecule has 0 fully saturated rings. The van der Waals surface area contributed by atoms with Gasteiger partial charge in [0.1, 0.15) is 5.75 Å². The Bertz CT molecular complexity index is 424.